The van der Waals surface area contributed by atoms with Crippen molar-refractivity contribution in [2.45, 2.75) is 27.2 Å². The number of nitrogens with zero attached hydrogens (tertiary/aromatic N) is 1. The van der Waals surface area contributed by atoms with Gasteiger partial charge in [0.05, 0.1) is 0 Å². The molecular weight excluding hydrogens is 252 g/mol. The molecule has 4 nitrogen and oxygen atoms in total. The number of anilines is 2. The Morgan fingerprint density at radius 2 is 1.80 bits per heavy atom. The van der Waals surface area contributed by atoms with Crippen molar-refractivity contribution in [2.75, 3.05) is 23.3 Å². The minimum absolute atomic E-state index is 0.0860. The number of allylic oxidation sites excluding steroid dienone is 1. The smallest absolute Gasteiger partial charge is 0.221 e. The van der Waals surface area contributed by atoms with Crippen molar-refractivity contribution in [3.05, 3.63) is 36.4 Å². The molecule has 0 saturated carbocycles. The van der Waals surface area contributed by atoms with Gasteiger partial charge in [0.25, 0.3) is 0 Å². The molecule has 0 fully saturated rings. The standard InChI is InChI=1S/C16H22N2O2/c1-5-18(11-10-16(20)12(2)3)15-8-6-14(7-9-15)17-13(4)19/h6-9H,2,5,10-11H2,1,3-4H3,(H,17,19). The number of hydrogen-bond donors (Lipinski definition) is 1. The molecular formula is C16H22N2O2. The topological polar surface area (TPSA) is 49.4 Å². The number of rotatable bonds is 7. The first-order valence-corrected chi connectivity index (χ1v) is 6.75. The predicted octanol–water partition coefficient (Wildman–Crippen LogP) is 3.01. The fourth-order valence-electron chi connectivity index (χ4n) is 1.88. The van der Waals surface area contributed by atoms with E-state index in [1.54, 1.807) is 6.92 Å². The Bertz CT molecular complexity index is 492. The molecule has 1 aromatic carbocycles. The van der Waals surface area contributed by atoms with Crippen molar-refractivity contribution in [3.63, 3.8) is 0 Å². The fourth-order valence-corrected chi connectivity index (χ4v) is 1.88. The molecule has 0 spiro atoms. The highest BCUT2D eigenvalue weighted by molar-refractivity contribution is 5.94. The average Bonchev–Trinajstić information content (AvgIpc) is 2.40. The summed E-state index contributed by atoms with van der Waals surface area (Å²) in [5.74, 6) is 0.00969. The van der Waals surface area contributed by atoms with Crippen LogP contribution < -0.4 is 10.2 Å². The van der Waals surface area contributed by atoms with E-state index in [9.17, 15) is 9.59 Å². The Labute approximate surface area is 120 Å². The van der Waals surface area contributed by atoms with Crippen LogP contribution in [-0.4, -0.2) is 24.8 Å². The van der Waals surface area contributed by atoms with E-state index in [2.05, 4.69) is 16.8 Å². The molecule has 0 aliphatic carbocycles. The highest BCUT2D eigenvalue weighted by atomic mass is 16.1. The lowest BCUT2D eigenvalue weighted by Crippen LogP contribution is -2.25. The average molecular weight is 274 g/mol. The van der Waals surface area contributed by atoms with Gasteiger partial charge in [0, 0.05) is 37.8 Å². The SMILES string of the molecule is C=C(C)C(=O)CCN(CC)c1ccc(NC(C)=O)cc1. The van der Waals surface area contributed by atoms with Crippen LogP contribution >= 0.6 is 0 Å². The van der Waals surface area contributed by atoms with E-state index in [1.165, 1.54) is 6.92 Å². The molecule has 1 N–H and O–H groups in total. The van der Waals surface area contributed by atoms with E-state index in [4.69, 9.17) is 0 Å². The van der Waals surface area contributed by atoms with Crippen molar-refractivity contribution < 1.29 is 9.59 Å². The molecule has 0 aliphatic rings. The molecule has 0 heterocycles. The number of nitrogens with one attached hydrogen (secondary N) is 1. The summed E-state index contributed by atoms with van der Waals surface area (Å²) in [6.07, 6.45) is 0.469. The number of hydrogen-bond acceptors (Lipinski definition) is 3. The van der Waals surface area contributed by atoms with Gasteiger partial charge in [-0.15, -0.1) is 0 Å². The Kier molecular flexibility index (Phi) is 5.97. The van der Waals surface area contributed by atoms with Crippen LogP contribution in [0.15, 0.2) is 36.4 Å². The zero-order valence-electron chi connectivity index (χ0n) is 12.4. The number of Topliss-reactive ketones (excluding diaryl/α,β-unsaturated/α-hetero) is 1. The summed E-state index contributed by atoms with van der Waals surface area (Å²) in [6, 6.07) is 7.61. The summed E-state index contributed by atoms with van der Waals surface area (Å²) >= 11 is 0. The summed E-state index contributed by atoms with van der Waals surface area (Å²) < 4.78 is 0. The molecule has 1 rings (SSSR count). The largest absolute Gasteiger partial charge is 0.371 e. The Morgan fingerprint density at radius 1 is 1.20 bits per heavy atom. The molecule has 0 atom stereocenters. The van der Waals surface area contributed by atoms with Crippen LogP contribution in [0.3, 0.4) is 0 Å². The van der Waals surface area contributed by atoms with E-state index in [1.807, 2.05) is 31.2 Å². The van der Waals surface area contributed by atoms with Crippen LogP contribution in [0.5, 0.6) is 0 Å². The van der Waals surface area contributed by atoms with Crippen molar-refractivity contribution in [1.29, 1.82) is 0 Å². The monoisotopic (exact) mass is 274 g/mol. The number of carbonyl (C=O) groups is 2. The molecule has 0 saturated heterocycles. The third-order valence-electron chi connectivity index (χ3n) is 3.02. The second kappa shape index (κ2) is 7.48. The van der Waals surface area contributed by atoms with Crippen molar-refractivity contribution >= 4 is 23.1 Å². The summed E-state index contributed by atoms with van der Waals surface area (Å²) in [7, 11) is 0. The molecule has 0 bridgehead atoms. The predicted molar refractivity (Wildman–Crippen MR) is 83.1 cm³/mol. The van der Waals surface area contributed by atoms with Gasteiger partial charge in [-0.2, -0.15) is 0 Å². The lowest BCUT2D eigenvalue weighted by molar-refractivity contribution is -0.115. The Balaban J connectivity index is 2.67. The summed E-state index contributed by atoms with van der Waals surface area (Å²) in [5, 5.41) is 2.73. The van der Waals surface area contributed by atoms with Gasteiger partial charge in [-0.25, -0.2) is 0 Å². The molecule has 0 aliphatic heterocycles. The molecule has 0 unspecified atom stereocenters. The maximum Gasteiger partial charge on any atom is 0.221 e. The molecule has 1 aromatic rings. The van der Waals surface area contributed by atoms with Crippen molar-refractivity contribution in [2.24, 2.45) is 0 Å². The molecule has 0 radical (unpaired) electrons. The number of benzene rings is 1. The highest BCUT2D eigenvalue weighted by Crippen LogP contribution is 2.18. The van der Waals surface area contributed by atoms with Crippen LogP contribution in [0, 0.1) is 0 Å². The maximum absolute atomic E-state index is 11.6. The second-order valence-electron chi connectivity index (χ2n) is 4.76. The van der Waals surface area contributed by atoms with Crippen LogP contribution in [0.1, 0.15) is 27.2 Å². The first-order valence-electron chi connectivity index (χ1n) is 6.75. The van der Waals surface area contributed by atoms with Gasteiger partial charge in [-0.05, 0) is 43.7 Å². The van der Waals surface area contributed by atoms with Gasteiger partial charge in [0.1, 0.15) is 0 Å². The zero-order chi connectivity index (χ0) is 15.1. The van der Waals surface area contributed by atoms with Crippen LogP contribution in [0.25, 0.3) is 0 Å². The summed E-state index contributed by atoms with van der Waals surface area (Å²) in [5.41, 5.74) is 2.41. The number of amides is 1. The quantitative estimate of drug-likeness (QED) is 0.778. The Morgan fingerprint density at radius 3 is 2.25 bits per heavy atom. The van der Waals surface area contributed by atoms with E-state index < -0.39 is 0 Å². The Hall–Kier alpha value is -2.10. The highest BCUT2D eigenvalue weighted by Gasteiger charge is 2.08. The van der Waals surface area contributed by atoms with Gasteiger partial charge >= 0.3 is 0 Å². The minimum Gasteiger partial charge on any atom is -0.371 e. The van der Waals surface area contributed by atoms with Gasteiger partial charge < -0.3 is 10.2 Å². The van der Waals surface area contributed by atoms with Crippen molar-refractivity contribution in [3.8, 4) is 0 Å². The van der Waals surface area contributed by atoms with E-state index in [0.717, 1.165) is 17.9 Å². The normalized spacial score (nSPS) is 9.95. The maximum atomic E-state index is 11.6. The first kappa shape index (κ1) is 16.0. The lowest BCUT2D eigenvalue weighted by Gasteiger charge is -2.23. The molecule has 4 heteroatoms. The third kappa shape index (κ3) is 4.88. The van der Waals surface area contributed by atoms with Gasteiger partial charge in [-0.1, -0.05) is 6.58 Å². The minimum atomic E-state index is -0.0860. The zero-order valence-corrected chi connectivity index (χ0v) is 12.4. The molecule has 1 amide bonds. The summed E-state index contributed by atoms with van der Waals surface area (Å²) in [4.78, 5) is 24.7. The van der Waals surface area contributed by atoms with Gasteiger partial charge in [-0.3, -0.25) is 9.59 Å². The van der Waals surface area contributed by atoms with Gasteiger partial charge in [0.15, 0.2) is 5.78 Å². The van der Waals surface area contributed by atoms with E-state index in [0.29, 0.717) is 18.5 Å². The lowest BCUT2D eigenvalue weighted by atomic mass is 10.1. The molecule has 20 heavy (non-hydrogen) atoms. The summed E-state index contributed by atoms with van der Waals surface area (Å²) in [6.45, 7) is 10.4. The van der Waals surface area contributed by atoms with Gasteiger partial charge in [0.2, 0.25) is 5.91 Å². The first-order chi connectivity index (χ1) is 9.43. The van der Waals surface area contributed by atoms with Crippen LogP contribution in [0.4, 0.5) is 11.4 Å². The molecule has 108 valence electrons. The van der Waals surface area contributed by atoms with E-state index in [-0.39, 0.29) is 11.7 Å². The molecule has 0 aromatic heterocycles. The van der Waals surface area contributed by atoms with Crippen LogP contribution in [0.2, 0.25) is 0 Å². The number of carbonyl (C=O) groups excluding carboxylic acids is 2. The fraction of sp³-hybridized carbons (Fsp3) is 0.375. The van der Waals surface area contributed by atoms with E-state index >= 15 is 0 Å². The number of ketones is 1. The van der Waals surface area contributed by atoms with Crippen molar-refractivity contribution in [1.82, 2.24) is 0 Å². The van der Waals surface area contributed by atoms with Crippen LogP contribution in [-0.2, 0) is 9.59 Å². The second-order valence-corrected chi connectivity index (χ2v) is 4.76. The third-order valence-corrected chi connectivity index (χ3v) is 3.02.